The molecule has 0 radical (unpaired) electrons. The second-order valence-electron chi connectivity index (χ2n) is 7.28. The zero-order chi connectivity index (χ0) is 23.7. The minimum Gasteiger partial charge on any atom is -0.464 e. The van der Waals surface area contributed by atoms with Crippen LogP contribution in [0.1, 0.15) is 25.3 Å². The summed E-state index contributed by atoms with van der Waals surface area (Å²) in [6, 6.07) is 8.22. The fraction of sp³-hybridized carbons (Fsp3) is 0.381. The molecule has 1 aliphatic rings. The molecule has 11 heteroatoms. The highest BCUT2D eigenvalue weighted by Gasteiger charge is 2.46. The fourth-order valence-corrected chi connectivity index (χ4v) is 5.37. The number of hydrogen-bond donors (Lipinski definition) is 0. The molecule has 0 N–H and O–H groups in total. The van der Waals surface area contributed by atoms with E-state index in [2.05, 4.69) is 0 Å². The Morgan fingerprint density at radius 3 is 2.31 bits per heavy atom. The Balaban J connectivity index is 2.02. The maximum atomic E-state index is 14.9. The molecule has 1 aliphatic heterocycles. The summed E-state index contributed by atoms with van der Waals surface area (Å²) in [7, 11) is -4.32. The van der Waals surface area contributed by atoms with Crippen LogP contribution < -0.4 is 0 Å². The van der Waals surface area contributed by atoms with E-state index >= 15 is 0 Å². The molecule has 1 heterocycles. The topological polar surface area (TPSA) is 63.7 Å². The second-order valence-corrected chi connectivity index (χ2v) is 9.59. The number of piperidine rings is 1. The Kier molecular flexibility index (Phi) is 6.88. The van der Waals surface area contributed by atoms with E-state index in [9.17, 15) is 30.8 Å². The van der Waals surface area contributed by atoms with Crippen LogP contribution in [-0.4, -0.2) is 44.1 Å². The minimum atomic E-state index is -4.70. The minimum absolute atomic E-state index is 0.0146. The van der Waals surface area contributed by atoms with Crippen molar-refractivity contribution >= 4 is 27.6 Å². The number of alkyl halides is 4. The first-order valence-corrected chi connectivity index (χ1v) is 11.5. The van der Waals surface area contributed by atoms with Gasteiger partial charge in [-0.05, 0) is 31.2 Å². The Bertz CT molecular complexity index is 1110. The van der Waals surface area contributed by atoms with E-state index in [4.69, 9.17) is 16.3 Å². The summed E-state index contributed by atoms with van der Waals surface area (Å²) >= 11 is 6.14. The van der Waals surface area contributed by atoms with Gasteiger partial charge in [-0.2, -0.15) is 17.5 Å². The van der Waals surface area contributed by atoms with E-state index in [1.165, 1.54) is 25.1 Å². The zero-order valence-electron chi connectivity index (χ0n) is 17.0. The SMILES string of the molecule is CCOC(=O)C1(F)CCN(S(=O)(=O)c2ccc(C(F)(F)F)cc2-c2ccccc2Cl)CC1. The number of ether oxygens (including phenoxy) is 1. The number of halogens is 5. The van der Waals surface area contributed by atoms with Crippen LogP contribution in [-0.2, 0) is 25.7 Å². The molecule has 3 rings (SSSR count). The van der Waals surface area contributed by atoms with Crippen molar-refractivity contribution in [2.45, 2.75) is 36.5 Å². The van der Waals surface area contributed by atoms with Crippen LogP contribution in [0.4, 0.5) is 17.6 Å². The van der Waals surface area contributed by atoms with Gasteiger partial charge in [-0.25, -0.2) is 17.6 Å². The summed E-state index contributed by atoms with van der Waals surface area (Å²) in [5, 5.41) is 0.0759. The number of nitrogens with zero attached hydrogens (tertiary/aromatic N) is 1. The van der Waals surface area contributed by atoms with Gasteiger partial charge in [0.05, 0.1) is 17.1 Å². The highest BCUT2D eigenvalue weighted by Crippen LogP contribution is 2.40. The summed E-state index contributed by atoms with van der Waals surface area (Å²) < 4.78 is 87.1. The molecule has 2 aromatic carbocycles. The van der Waals surface area contributed by atoms with Crippen molar-refractivity contribution in [2.24, 2.45) is 0 Å². The predicted octanol–water partition coefficient (Wildman–Crippen LogP) is 5.08. The van der Waals surface area contributed by atoms with Crippen LogP contribution in [0, 0.1) is 0 Å². The van der Waals surface area contributed by atoms with Gasteiger partial charge in [0.25, 0.3) is 0 Å². The molecule has 0 amide bonds. The summed E-state index contributed by atoms with van der Waals surface area (Å²) in [5.74, 6) is -1.05. The lowest BCUT2D eigenvalue weighted by Crippen LogP contribution is -2.49. The number of sulfonamides is 1. The van der Waals surface area contributed by atoms with Gasteiger partial charge < -0.3 is 4.74 Å². The highest BCUT2D eigenvalue weighted by molar-refractivity contribution is 7.89. The molecule has 5 nitrogen and oxygen atoms in total. The third kappa shape index (κ3) is 4.77. The first-order chi connectivity index (χ1) is 14.9. The molecule has 1 fully saturated rings. The Morgan fingerprint density at radius 1 is 1.12 bits per heavy atom. The molecule has 0 atom stereocenters. The fourth-order valence-electron chi connectivity index (χ4n) is 3.51. The quantitative estimate of drug-likeness (QED) is 0.430. The van der Waals surface area contributed by atoms with Gasteiger partial charge in [-0.1, -0.05) is 29.8 Å². The van der Waals surface area contributed by atoms with Crippen molar-refractivity contribution in [1.29, 1.82) is 0 Å². The molecule has 0 unspecified atom stereocenters. The van der Waals surface area contributed by atoms with Gasteiger partial charge >= 0.3 is 12.1 Å². The number of esters is 1. The average molecular weight is 494 g/mol. The summed E-state index contributed by atoms with van der Waals surface area (Å²) in [5.41, 5.74) is -3.45. The third-order valence-corrected chi connectivity index (χ3v) is 7.53. The van der Waals surface area contributed by atoms with E-state index in [-0.39, 0.29) is 40.7 Å². The number of benzene rings is 2. The van der Waals surface area contributed by atoms with Gasteiger partial charge in [-0.15, -0.1) is 0 Å². The first kappa shape index (κ1) is 24.5. The maximum absolute atomic E-state index is 14.9. The van der Waals surface area contributed by atoms with Crippen molar-refractivity contribution < 1.29 is 35.5 Å². The monoisotopic (exact) mass is 493 g/mol. The molecule has 0 spiro atoms. The van der Waals surface area contributed by atoms with E-state index in [0.717, 1.165) is 16.4 Å². The van der Waals surface area contributed by atoms with Gasteiger partial charge in [-0.3, -0.25) is 0 Å². The van der Waals surface area contributed by atoms with Crippen LogP contribution >= 0.6 is 11.6 Å². The largest absolute Gasteiger partial charge is 0.464 e. The van der Waals surface area contributed by atoms with Crippen molar-refractivity contribution in [3.8, 4) is 11.1 Å². The molecular weight excluding hydrogens is 474 g/mol. The Hall–Kier alpha value is -2.17. The molecule has 2 aromatic rings. The van der Waals surface area contributed by atoms with E-state index in [1.807, 2.05) is 0 Å². The van der Waals surface area contributed by atoms with Crippen molar-refractivity contribution in [3.05, 3.63) is 53.1 Å². The van der Waals surface area contributed by atoms with Crippen LogP contribution in [0.25, 0.3) is 11.1 Å². The van der Waals surface area contributed by atoms with Gasteiger partial charge in [0.15, 0.2) is 0 Å². The number of rotatable bonds is 5. The number of carbonyl (C=O) groups excluding carboxylic acids is 1. The van der Waals surface area contributed by atoms with Crippen LogP contribution in [0.2, 0.25) is 5.02 Å². The van der Waals surface area contributed by atoms with Gasteiger partial charge in [0, 0.05) is 42.1 Å². The summed E-state index contributed by atoms with van der Waals surface area (Å²) in [6.45, 7) is 0.849. The lowest BCUT2D eigenvalue weighted by atomic mass is 9.95. The predicted molar refractivity (Wildman–Crippen MR) is 110 cm³/mol. The molecule has 0 aromatic heterocycles. The van der Waals surface area contributed by atoms with Gasteiger partial charge in [0.1, 0.15) is 0 Å². The highest BCUT2D eigenvalue weighted by atomic mass is 35.5. The third-order valence-electron chi connectivity index (χ3n) is 5.24. The standard InChI is InChI=1S/C21H20ClF4NO4S/c1-2-31-19(28)20(23)9-11-27(12-10-20)32(29,30)18-8-7-14(21(24,25)26)13-16(18)15-5-3-4-6-17(15)22/h3-8,13H,2,9-12H2,1H3. The Morgan fingerprint density at radius 2 is 1.75 bits per heavy atom. The molecule has 32 heavy (non-hydrogen) atoms. The Labute approximate surface area is 188 Å². The van der Waals surface area contributed by atoms with E-state index < -0.39 is 46.2 Å². The molecule has 0 saturated carbocycles. The zero-order valence-corrected chi connectivity index (χ0v) is 18.5. The number of carbonyl (C=O) groups is 1. The van der Waals surface area contributed by atoms with E-state index in [0.29, 0.717) is 6.07 Å². The van der Waals surface area contributed by atoms with Crippen LogP contribution in [0.5, 0.6) is 0 Å². The molecule has 174 valence electrons. The lowest BCUT2D eigenvalue weighted by molar-refractivity contribution is -0.160. The molecule has 0 bridgehead atoms. The summed E-state index contributed by atoms with van der Waals surface area (Å²) in [6.07, 6.45) is -5.54. The van der Waals surface area contributed by atoms with Crippen molar-refractivity contribution in [2.75, 3.05) is 19.7 Å². The van der Waals surface area contributed by atoms with E-state index in [1.54, 1.807) is 6.07 Å². The van der Waals surface area contributed by atoms with Crippen molar-refractivity contribution in [3.63, 3.8) is 0 Å². The van der Waals surface area contributed by atoms with Crippen molar-refractivity contribution in [1.82, 2.24) is 4.31 Å². The lowest BCUT2D eigenvalue weighted by Gasteiger charge is -2.34. The number of hydrogen-bond acceptors (Lipinski definition) is 4. The van der Waals surface area contributed by atoms with Crippen LogP contribution in [0.15, 0.2) is 47.4 Å². The maximum Gasteiger partial charge on any atom is 0.416 e. The van der Waals surface area contributed by atoms with Gasteiger partial charge in [0.2, 0.25) is 15.7 Å². The first-order valence-electron chi connectivity index (χ1n) is 9.72. The molecule has 0 aliphatic carbocycles. The smallest absolute Gasteiger partial charge is 0.416 e. The normalized spacial score (nSPS) is 17.2. The second kappa shape index (κ2) is 8.99. The van der Waals surface area contributed by atoms with Crippen LogP contribution in [0.3, 0.4) is 0 Å². The molecular formula is C21H20ClF4NO4S. The summed E-state index contributed by atoms with van der Waals surface area (Å²) in [4.78, 5) is 11.5. The average Bonchev–Trinajstić information content (AvgIpc) is 2.73. The molecule has 1 saturated heterocycles.